The predicted octanol–water partition coefficient (Wildman–Crippen LogP) is 1.96. The van der Waals surface area contributed by atoms with E-state index in [0.717, 1.165) is 12.1 Å². The Morgan fingerprint density at radius 3 is 3.10 bits per heavy atom. The molecule has 1 aromatic carbocycles. The van der Waals surface area contributed by atoms with Gasteiger partial charge in [-0.15, -0.1) is 0 Å². The van der Waals surface area contributed by atoms with Crippen molar-refractivity contribution in [3.63, 3.8) is 0 Å². The molecule has 1 aliphatic rings. The van der Waals surface area contributed by atoms with Gasteiger partial charge < -0.3 is 14.6 Å². The van der Waals surface area contributed by atoms with Crippen molar-refractivity contribution >= 4 is 5.91 Å². The molecule has 0 spiro atoms. The van der Waals surface area contributed by atoms with Gasteiger partial charge in [-0.3, -0.25) is 4.79 Å². The standard InChI is InChI=1S/C16H18N2O3/c1-11-8-13(21-18-11)9-16(19)17-10-15-14-5-3-2-4-12(14)6-7-20-15/h2-5,8,15H,6-7,9-10H2,1H3,(H,17,19)/t15-/m1/s1. The zero-order valence-electron chi connectivity index (χ0n) is 12.0. The molecule has 1 atom stereocenters. The molecule has 2 heterocycles. The number of hydrogen-bond donors (Lipinski definition) is 1. The van der Waals surface area contributed by atoms with Crippen molar-refractivity contribution in [3.05, 3.63) is 52.9 Å². The largest absolute Gasteiger partial charge is 0.371 e. The quantitative estimate of drug-likeness (QED) is 0.933. The highest BCUT2D eigenvalue weighted by molar-refractivity contribution is 5.77. The molecule has 0 saturated heterocycles. The lowest BCUT2D eigenvalue weighted by Crippen LogP contribution is -2.32. The van der Waals surface area contributed by atoms with Gasteiger partial charge in [-0.1, -0.05) is 29.4 Å². The van der Waals surface area contributed by atoms with Crippen molar-refractivity contribution in [2.24, 2.45) is 0 Å². The van der Waals surface area contributed by atoms with E-state index in [1.165, 1.54) is 11.1 Å². The highest BCUT2D eigenvalue weighted by Gasteiger charge is 2.21. The summed E-state index contributed by atoms with van der Waals surface area (Å²) in [5.41, 5.74) is 3.25. The van der Waals surface area contributed by atoms with Gasteiger partial charge >= 0.3 is 0 Å². The van der Waals surface area contributed by atoms with Crippen molar-refractivity contribution in [3.8, 4) is 0 Å². The fourth-order valence-electron chi connectivity index (χ4n) is 2.57. The number of carbonyl (C=O) groups excluding carboxylic acids is 1. The number of carbonyl (C=O) groups is 1. The van der Waals surface area contributed by atoms with Crippen molar-refractivity contribution in [1.29, 1.82) is 0 Å². The lowest BCUT2D eigenvalue weighted by atomic mass is 9.97. The maximum atomic E-state index is 11.9. The number of rotatable bonds is 4. The molecule has 1 aliphatic heterocycles. The lowest BCUT2D eigenvalue weighted by molar-refractivity contribution is -0.121. The molecular formula is C16H18N2O3. The van der Waals surface area contributed by atoms with Crippen LogP contribution in [0, 0.1) is 6.92 Å². The molecular weight excluding hydrogens is 268 g/mol. The molecule has 3 rings (SSSR count). The summed E-state index contributed by atoms with van der Waals surface area (Å²) in [6.07, 6.45) is 1.06. The number of aromatic nitrogens is 1. The minimum atomic E-state index is -0.0854. The van der Waals surface area contributed by atoms with E-state index in [4.69, 9.17) is 9.26 Å². The second-order valence-electron chi connectivity index (χ2n) is 5.22. The smallest absolute Gasteiger partial charge is 0.227 e. The molecule has 0 bridgehead atoms. The number of hydrogen-bond acceptors (Lipinski definition) is 4. The van der Waals surface area contributed by atoms with Crippen LogP contribution < -0.4 is 5.32 Å². The summed E-state index contributed by atoms with van der Waals surface area (Å²) in [6, 6.07) is 9.98. The van der Waals surface area contributed by atoms with E-state index in [0.29, 0.717) is 18.9 Å². The Morgan fingerprint density at radius 2 is 2.29 bits per heavy atom. The Labute approximate surface area is 123 Å². The Balaban J connectivity index is 1.57. The second-order valence-corrected chi connectivity index (χ2v) is 5.22. The summed E-state index contributed by atoms with van der Waals surface area (Å²) in [5, 5.41) is 6.67. The first-order valence-electron chi connectivity index (χ1n) is 7.10. The Morgan fingerprint density at radius 1 is 1.43 bits per heavy atom. The van der Waals surface area contributed by atoms with Gasteiger partial charge in [-0.05, 0) is 24.5 Å². The highest BCUT2D eigenvalue weighted by atomic mass is 16.5. The monoisotopic (exact) mass is 286 g/mol. The van der Waals surface area contributed by atoms with Crippen LogP contribution in [0.1, 0.15) is 28.7 Å². The molecule has 21 heavy (non-hydrogen) atoms. The maximum absolute atomic E-state index is 11.9. The van der Waals surface area contributed by atoms with Gasteiger partial charge in [0.2, 0.25) is 5.91 Å². The molecule has 110 valence electrons. The molecule has 0 saturated carbocycles. The molecule has 0 radical (unpaired) electrons. The fourth-order valence-corrected chi connectivity index (χ4v) is 2.57. The van der Waals surface area contributed by atoms with Crippen LogP contribution in [0.15, 0.2) is 34.9 Å². The molecule has 0 aliphatic carbocycles. The summed E-state index contributed by atoms with van der Waals surface area (Å²) in [5.74, 6) is 0.493. The minimum absolute atomic E-state index is 0.0737. The van der Waals surface area contributed by atoms with Crippen LogP contribution in [0.3, 0.4) is 0 Å². The third kappa shape index (κ3) is 3.31. The molecule has 5 heteroatoms. The number of amides is 1. The first kappa shape index (κ1) is 13.8. The molecule has 5 nitrogen and oxygen atoms in total. The number of nitrogens with one attached hydrogen (secondary N) is 1. The van der Waals surface area contributed by atoms with Crippen molar-refractivity contribution < 1.29 is 14.1 Å². The van der Waals surface area contributed by atoms with Gasteiger partial charge in [0, 0.05) is 12.6 Å². The van der Waals surface area contributed by atoms with Gasteiger partial charge in [-0.2, -0.15) is 0 Å². The lowest BCUT2D eigenvalue weighted by Gasteiger charge is -2.26. The van der Waals surface area contributed by atoms with Crippen LogP contribution in [0.25, 0.3) is 0 Å². The summed E-state index contributed by atoms with van der Waals surface area (Å²) in [4.78, 5) is 11.9. The van der Waals surface area contributed by atoms with Gasteiger partial charge in [0.05, 0.1) is 18.7 Å². The predicted molar refractivity (Wildman–Crippen MR) is 76.8 cm³/mol. The third-order valence-electron chi connectivity index (χ3n) is 3.59. The molecule has 1 amide bonds. The number of fused-ring (bicyclic) bond motifs is 1. The van der Waals surface area contributed by atoms with E-state index >= 15 is 0 Å². The van der Waals surface area contributed by atoms with E-state index < -0.39 is 0 Å². The van der Waals surface area contributed by atoms with Crippen LogP contribution in [0.5, 0.6) is 0 Å². The zero-order chi connectivity index (χ0) is 14.7. The van der Waals surface area contributed by atoms with Crippen molar-refractivity contribution in [2.75, 3.05) is 13.2 Å². The van der Waals surface area contributed by atoms with Crippen molar-refractivity contribution in [2.45, 2.75) is 25.9 Å². The van der Waals surface area contributed by atoms with E-state index in [1.54, 1.807) is 6.07 Å². The second kappa shape index (κ2) is 6.10. The summed E-state index contributed by atoms with van der Waals surface area (Å²) >= 11 is 0. The third-order valence-corrected chi connectivity index (χ3v) is 3.59. The Bertz CT molecular complexity index is 636. The molecule has 0 unspecified atom stereocenters. The molecule has 0 fully saturated rings. The van der Waals surface area contributed by atoms with Crippen molar-refractivity contribution in [1.82, 2.24) is 10.5 Å². The highest BCUT2D eigenvalue weighted by Crippen LogP contribution is 2.26. The van der Waals surface area contributed by atoms with Crippen LogP contribution >= 0.6 is 0 Å². The summed E-state index contributed by atoms with van der Waals surface area (Å²) in [7, 11) is 0. The molecule has 2 aromatic rings. The number of nitrogens with zero attached hydrogens (tertiary/aromatic N) is 1. The van der Waals surface area contributed by atoms with E-state index in [9.17, 15) is 4.79 Å². The van der Waals surface area contributed by atoms with E-state index in [1.807, 2.05) is 19.1 Å². The van der Waals surface area contributed by atoms with Crippen LogP contribution in [-0.4, -0.2) is 24.2 Å². The van der Waals surface area contributed by atoms with Gasteiger partial charge in [-0.25, -0.2) is 0 Å². The zero-order valence-corrected chi connectivity index (χ0v) is 12.0. The number of benzene rings is 1. The Hall–Kier alpha value is -2.14. The minimum Gasteiger partial charge on any atom is -0.371 e. The van der Waals surface area contributed by atoms with Gasteiger partial charge in [0.15, 0.2) is 0 Å². The average Bonchev–Trinajstić information content (AvgIpc) is 2.90. The topological polar surface area (TPSA) is 64.4 Å². The first-order chi connectivity index (χ1) is 10.2. The van der Waals surface area contributed by atoms with E-state index in [2.05, 4.69) is 22.6 Å². The number of ether oxygens (including phenoxy) is 1. The number of aryl methyl sites for hydroxylation is 1. The SMILES string of the molecule is Cc1cc(CC(=O)NC[C@H]2OCCc3ccccc32)on1. The summed E-state index contributed by atoms with van der Waals surface area (Å²) in [6.45, 7) is 3.00. The van der Waals surface area contributed by atoms with Gasteiger partial charge in [0.25, 0.3) is 0 Å². The van der Waals surface area contributed by atoms with Crippen LogP contribution in [0.4, 0.5) is 0 Å². The van der Waals surface area contributed by atoms with Gasteiger partial charge in [0.1, 0.15) is 11.9 Å². The summed E-state index contributed by atoms with van der Waals surface area (Å²) < 4.78 is 10.8. The Kier molecular flexibility index (Phi) is 4.01. The van der Waals surface area contributed by atoms with E-state index in [-0.39, 0.29) is 18.4 Å². The van der Waals surface area contributed by atoms with Crippen LogP contribution in [0.2, 0.25) is 0 Å². The fraction of sp³-hybridized carbons (Fsp3) is 0.375. The molecule has 1 aromatic heterocycles. The maximum Gasteiger partial charge on any atom is 0.227 e. The average molecular weight is 286 g/mol. The molecule has 1 N–H and O–H groups in total. The normalized spacial score (nSPS) is 17.3. The van der Waals surface area contributed by atoms with Crippen LogP contribution in [-0.2, 0) is 22.4 Å². The first-order valence-corrected chi connectivity index (χ1v) is 7.10.